The lowest BCUT2D eigenvalue weighted by Crippen LogP contribution is -2.39. The molecule has 6 nitrogen and oxygen atoms in total. The van der Waals surface area contributed by atoms with Crippen LogP contribution in [0.15, 0.2) is 24.3 Å². The Morgan fingerprint density at radius 1 is 1.35 bits per heavy atom. The van der Waals surface area contributed by atoms with Gasteiger partial charge in [-0.3, -0.25) is 9.59 Å². The van der Waals surface area contributed by atoms with Crippen molar-refractivity contribution in [2.75, 3.05) is 32.1 Å². The molecule has 1 heterocycles. The first-order chi connectivity index (χ1) is 12.4. The van der Waals surface area contributed by atoms with Gasteiger partial charge in [-0.15, -0.1) is 11.3 Å². The zero-order valence-electron chi connectivity index (χ0n) is 15.0. The zero-order chi connectivity index (χ0) is 19.1. The van der Waals surface area contributed by atoms with Crippen LogP contribution in [0.3, 0.4) is 0 Å². The number of carbonyl (C=O) groups is 2. The summed E-state index contributed by atoms with van der Waals surface area (Å²) in [5.41, 5.74) is 1.33. The fourth-order valence-electron chi connectivity index (χ4n) is 2.31. The molecule has 140 valence electrons. The topological polar surface area (TPSA) is 71.5 Å². The molecular weight excluding hydrogens is 374 g/mol. The van der Waals surface area contributed by atoms with E-state index in [1.165, 1.54) is 16.2 Å². The van der Waals surface area contributed by atoms with E-state index >= 15 is 0 Å². The molecule has 0 fully saturated rings. The number of thiazole rings is 1. The maximum Gasteiger partial charge on any atom is 0.254 e. The van der Waals surface area contributed by atoms with Gasteiger partial charge in [0.25, 0.3) is 5.91 Å². The molecule has 0 spiro atoms. The minimum Gasteiger partial charge on any atom is -0.385 e. The molecule has 0 aliphatic carbocycles. The third-order valence-electron chi connectivity index (χ3n) is 3.74. The van der Waals surface area contributed by atoms with Crippen LogP contribution >= 0.6 is 22.9 Å². The smallest absolute Gasteiger partial charge is 0.254 e. The molecule has 0 unspecified atom stereocenters. The van der Waals surface area contributed by atoms with Gasteiger partial charge in [0.1, 0.15) is 6.54 Å². The lowest BCUT2D eigenvalue weighted by molar-refractivity contribution is -0.116. The lowest BCUT2D eigenvalue weighted by atomic mass is 10.2. The van der Waals surface area contributed by atoms with E-state index in [-0.39, 0.29) is 18.4 Å². The monoisotopic (exact) mass is 395 g/mol. The number of aryl methyl sites for hydroxylation is 2. The summed E-state index contributed by atoms with van der Waals surface area (Å²) in [6.45, 7) is 4.69. The summed E-state index contributed by atoms with van der Waals surface area (Å²) in [4.78, 5) is 32.0. The van der Waals surface area contributed by atoms with Crippen LogP contribution in [0.5, 0.6) is 0 Å². The van der Waals surface area contributed by atoms with Gasteiger partial charge in [0, 0.05) is 35.7 Å². The average Bonchev–Trinajstić information content (AvgIpc) is 2.90. The van der Waals surface area contributed by atoms with Crippen molar-refractivity contribution >= 4 is 39.9 Å². The first kappa shape index (κ1) is 20.4. The second-order valence-electron chi connectivity index (χ2n) is 5.79. The summed E-state index contributed by atoms with van der Waals surface area (Å²) in [6, 6.07) is 6.69. The van der Waals surface area contributed by atoms with Crippen molar-refractivity contribution in [2.45, 2.75) is 20.3 Å². The normalized spacial score (nSPS) is 10.6. The third-order valence-corrected chi connectivity index (χ3v) is 4.97. The van der Waals surface area contributed by atoms with E-state index < -0.39 is 0 Å². The Morgan fingerprint density at radius 3 is 2.73 bits per heavy atom. The number of carbonyl (C=O) groups excluding carboxylic acids is 2. The first-order valence-electron chi connectivity index (χ1n) is 8.18. The van der Waals surface area contributed by atoms with Crippen molar-refractivity contribution in [3.8, 4) is 0 Å². The number of rotatable bonds is 8. The maximum atomic E-state index is 12.8. The lowest BCUT2D eigenvalue weighted by Gasteiger charge is -2.22. The largest absolute Gasteiger partial charge is 0.385 e. The summed E-state index contributed by atoms with van der Waals surface area (Å²) in [5, 5.41) is 3.78. The quantitative estimate of drug-likeness (QED) is 0.694. The number of methoxy groups -OCH3 is 1. The van der Waals surface area contributed by atoms with Crippen LogP contribution in [0.25, 0.3) is 0 Å². The van der Waals surface area contributed by atoms with Crippen molar-refractivity contribution in [1.29, 1.82) is 0 Å². The summed E-state index contributed by atoms with van der Waals surface area (Å²) in [6.07, 6.45) is 0.631. The van der Waals surface area contributed by atoms with Crippen LogP contribution in [0.2, 0.25) is 5.02 Å². The molecule has 26 heavy (non-hydrogen) atoms. The van der Waals surface area contributed by atoms with Gasteiger partial charge in [-0.2, -0.15) is 0 Å². The Bertz CT molecular complexity index is 759. The Morgan fingerprint density at radius 2 is 2.12 bits per heavy atom. The summed E-state index contributed by atoms with van der Waals surface area (Å²) in [7, 11) is 1.60. The van der Waals surface area contributed by atoms with E-state index in [2.05, 4.69) is 10.3 Å². The van der Waals surface area contributed by atoms with Crippen LogP contribution in [0, 0.1) is 13.8 Å². The highest BCUT2D eigenvalue weighted by molar-refractivity contribution is 7.15. The molecule has 0 aliphatic heterocycles. The van der Waals surface area contributed by atoms with E-state index in [1.807, 2.05) is 13.8 Å². The number of ether oxygens (including phenoxy) is 1. The summed E-state index contributed by atoms with van der Waals surface area (Å²) < 4.78 is 5.05. The van der Waals surface area contributed by atoms with Gasteiger partial charge in [0.05, 0.1) is 5.69 Å². The highest BCUT2D eigenvalue weighted by atomic mass is 35.5. The molecule has 2 amide bonds. The molecular formula is C18H22ClN3O3S. The number of nitrogens with zero attached hydrogens (tertiary/aromatic N) is 2. The van der Waals surface area contributed by atoms with Gasteiger partial charge in [-0.1, -0.05) is 17.7 Å². The predicted octanol–water partition coefficient (Wildman–Crippen LogP) is 3.53. The molecule has 1 aromatic heterocycles. The molecule has 0 radical (unpaired) electrons. The van der Waals surface area contributed by atoms with E-state index in [0.29, 0.717) is 35.3 Å². The number of halogens is 1. The zero-order valence-corrected chi connectivity index (χ0v) is 16.6. The molecule has 0 atom stereocenters. The Kier molecular flexibility index (Phi) is 7.56. The average molecular weight is 396 g/mol. The van der Waals surface area contributed by atoms with Crippen molar-refractivity contribution in [1.82, 2.24) is 9.88 Å². The molecule has 0 saturated heterocycles. The van der Waals surface area contributed by atoms with Crippen molar-refractivity contribution in [2.24, 2.45) is 0 Å². The second-order valence-corrected chi connectivity index (χ2v) is 7.43. The van der Waals surface area contributed by atoms with Crippen molar-refractivity contribution in [3.05, 3.63) is 45.4 Å². The van der Waals surface area contributed by atoms with Crippen LogP contribution in [-0.2, 0) is 9.53 Å². The molecule has 1 N–H and O–H groups in total. The van der Waals surface area contributed by atoms with Crippen LogP contribution in [0.1, 0.15) is 27.3 Å². The fraction of sp³-hybridized carbons (Fsp3) is 0.389. The van der Waals surface area contributed by atoms with Gasteiger partial charge >= 0.3 is 0 Å². The first-order valence-corrected chi connectivity index (χ1v) is 9.38. The standard InChI is InChI=1S/C18H22ClN3O3S/c1-12-13(2)26-18(20-12)21-16(23)11-22(8-5-9-25-3)17(24)14-6-4-7-15(19)10-14/h4,6-7,10H,5,8-9,11H2,1-3H3,(H,20,21,23). The molecule has 0 bridgehead atoms. The maximum absolute atomic E-state index is 12.8. The number of amides is 2. The molecule has 2 rings (SSSR count). The number of benzene rings is 1. The summed E-state index contributed by atoms with van der Waals surface area (Å²) in [5.74, 6) is -0.531. The van der Waals surface area contributed by atoms with E-state index in [0.717, 1.165) is 10.6 Å². The molecule has 1 aromatic carbocycles. The van der Waals surface area contributed by atoms with Gasteiger partial charge in [0.2, 0.25) is 5.91 Å². The third kappa shape index (κ3) is 5.79. The van der Waals surface area contributed by atoms with Crippen LogP contribution in [-0.4, -0.2) is 48.5 Å². The minimum atomic E-state index is -0.286. The predicted molar refractivity (Wildman–Crippen MR) is 104 cm³/mol. The van der Waals surface area contributed by atoms with E-state index in [9.17, 15) is 9.59 Å². The summed E-state index contributed by atoms with van der Waals surface area (Å²) >= 11 is 7.39. The molecule has 2 aromatic rings. The fourth-order valence-corrected chi connectivity index (χ4v) is 3.34. The number of hydrogen-bond donors (Lipinski definition) is 1. The van der Waals surface area contributed by atoms with Gasteiger partial charge in [0.15, 0.2) is 5.13 Å². The number of nitrogens with one attached hydrogen (secondary N) is 1. The highest BCUT2D eigenvalue weighted by Crippen LogP contribution is 2.21. The molecule has 8 heteroatoms. The SMILES string of the molecule is COCCCN(CC(=O)Nc1nc(C)c(C)s1)C(=O)c1cccc(Cl)c1. The molecule has 0 saturated carbocycles. The van der Waals surface area contributed by atoms with E-state index in [1.54, 1.807) is 31.4 Å². The van der Waals surface area contributed by atoms with Gasteiger partial charge in [-0.05, 0) is 38.5 Å². The van der Waals surface area contributed by atoms with Crippen LogP contribution < -0.4 is 5.32 Å². The second kappa shape index (κ2) is 9.66. The number of aromatic nitrogens is 1. The van der Waals surface area contributed by atoms with Crippen molar-refractivity contribution < 1.29 is 14.3 Å². The number of hydrogen-bond acceptors (Lipinski definition) is 5. The molecule has 0 aliphatic rings. The highest BCUT2D eigenvalue weighted by Gasteiger charge is 2.19. The Labute approximate surface area is 162 Å². The van der Waals surface area contributed by atoms with Crippen LogP contribution in [0.4, 0.5) is 5.13 Å². The van der Waals surface area contributed by atoms with Crippen molar-refractivity contribution in [3.63, 3.8) is 0 Å². The minimum absolute atomic E-state index is 0.0628. The Balaban J connectivity index is 2.07. The number of anilines is 1. The van der Waals surface area contributed by atoms with E-state index in [4.69, 9.17) is 16.3 Å². The van der Waals surface area contributed by atoms with Gasteiger partial charge in [-0.25, -0.2) is 4.98 Å². The van der Waals surface area contributed by atoms with Gasteiger partial charge < -0.3 is 15.0 Å². The Hall–Kier alpha value is -1.96.